The number of halogens is 1. The number of carbonyl (C=O) groups is 1. The lowest BCUT2D eigenvalue weighted by Gasteiger charge is -2.34. The van der Waals surface area contributed by atoms with E-state index in [-0.39, 0.29) is 23.5 Å². The molecular formula is C22H28ClN3O4S. The topological polar surface area (TPSA) is 78.9 Å². The molecule has 1 aliphatic rings. The summed E-state index contributed by atoms with van der Waals surface area (Å²) in [6.45, 7) is 3.45. The quantitative estimate of drug-likeness (QED) is 0.678. The van der Waals surface area contributed by atoms with Crippen molar-refractivity contribution in [1.82, 2.24) is 9.21 Å². The molecule has 0 aromatic heterocycles. The molecule has 1 fully saturated rings. The average Bonchev–Trinajstić information content (AvgIpc) is 2.73. The van der Waals surface area contributed by atoms with Crippen molar-refractivity contribution in [3.8, 4) is 5.75 Å². The highest BCUT2D eigenvalue weighted by atomic mass is 35.5. The highest BCUT2D eigenvalue weighted by Crippen LogP contribution is 2.24. The first-order chi connectivity index (χ1) is 14.7. The van der Waals surface area contributed by atoms with Gasteiger partial charge in [-0.25, -0.2) is 8.42 Å². The molecule has 9 heteroatoms. The van der Waals surface area contributed by atoms with Gasteiger partial charge in [0.1, 0.15) is 5.75 Å². The molecule has 7 nitrogen and oxygen atoms in total. The summed E-state index contributed by atoms with van der Waals surface area (Å²) in [5, 5.41) is 3.32. The molecule has 1 heterocycles. The standard InChI is InChI=1S/C22H28ClN3O4S/c1-16-14-17(23)4-9-21(16)30-15-22(27)24-18-5-7-20(8-6-18)31(28,29)26(3)19-10-12-25(2)13-11-19/h4-9,14,19H,10-13,15H2,1-3H3,(H,24,27). The number of likely N-dealkylation sites (tertiary alicyclic amines) is 1. The number of ether oxygens (including phenoxy) is 1. The minimum Gasteiger partial charge on any atom is -0.483 e. The summed E-state index contributed by atoms with van der Waals surface area (Å²) in [4.78, 5) is 14.6. The van der Waals surface area contributed by atoms with Gasteiger partial charge in [-0.15, -0.1) is 0 Å². The smallest absolute Gasteiger partial charge is 0.262 e. The SMILES string of the molecule is Cc1cc(Cl)ccc1OCC(=O)Nc1ccc(S(=O)(=O)N(C)C2CCN(C)CC2)cc1. The summed E-state index contributed by atoms with van der Waals surface area (Å²) in [5.41, 5.74) is 1.34. The zero-order valence-corrected chi connectivity index (χ0v) is 19.5. The van der Waals surface area contributed by atoms with Crippen molar-refractivity contribution >= 4 is 33.2 Å². The molecule has 1 saturated heterocycles. The number of nitrogens with one attached hydrogen (secondary N) is 1. The lowest BCUT2D eigenvalue weighted by atomic mass is 10.1. The van der Waals surface area contributed by atoms with Crippen LogP contribution in [0, 0.1) is 6.92 Å². The highest BCUT2D eigenvalue weighted by Gasteiger charge is 2.30. The Morgan fingerprint density at radius 2 is 1.84 bits per heavy atom. The van der Waals surface area contributed by atoms with E-state index in [2.05, 4.69) is 10.2 Å². The fourth-order valence-electron chi connectivity index (χ4n) is 3.55. The zero-order chi connectivity index (χ0) is 22.6. The van der Waals surface area contributed by atoms with Crippen LogP contribution in [0.5, 0.6) is 5.75 Å². The maximum atomic E-state index is 13.0. The highest BCUT2D eigenvalue weighted by molar-refractivity contribution is 7.89. The average molecular weight is 466 g/mol. The predicted octanol–water partition coefficient (Wildman–Crippen LogP) is 3.38. The molecule has 0 aliphatic carbocycles. The van der Waals surface area contributed by atoms with Crippen molar-refractivity contribution in [2.24, 2.45) is 0 Å². The summed E-state index contributed by atoms with van der Waals surface area (Å²) < 4.78 is 32.9. The number of hydrogen-bond donors (Lipinski definition) is 1. The Morgan fingerprint density at radius 3 is 2.45 bits per heavy atom. The molecule has 0 unspecified atom stereocenters. The van der Waals surface area contributed by atoms with E-state index in [0.29, 0.717) is 16.5 Å². The molecule has 1 amide bonds. The van der Waals surface area contributed by atoms with E-state index in [1.807, 2.05) is 14.0 Å². The van der Waals surface area contributed by atoms with E-state index < -0.39 is 10.0 Å². The molecule has 2 aromatic rings. The number of aryl methyl sites for hydroxylation is 1. The van der Waals surface area contributed by atoms with Crippen LogP contribution in [0.3, 0.4) is 0 Å². The number of rotatable bonds is 7. The fourth-order valence-corrected chi connectivity index (χ4v) is 5.19. The lowest BCUT2D eigenvalue weighted by molar-refractivity contribution is -0.118. The van der Waals surface area contributed by atoms with Gasteiger partial charge in [-0.05, 0) is 87.9 Å². The number of anilines is 1. The third-order valence-corrected chi connectivity index (χ3v) is 7.67. The first-order valence-corrected chi connectivity index (χ1v) is 11.9. The van der Waals surface area contributed by atoms with Crippen molar-refractivity contribution in [1.29, 1.82) is 0 Å². The molecule has 2 aromatic carbocycles. The van der Waals surface area contributed by atoms with Crippen LogP contribution in [0.25, 0.3) is 0 Å². The van der Waals surface area contributed by atoms with E-state index >= 15 is 0 Å². The molecule has 3 rings (SSSR count). The van der Waals surface area contributed by atoms with Crippen LogP contribution in [-0.4, -0.2) is 63.4 Å². The van der Waals surface area contributed by atoms with Crippen LogP contribution < -0.4 is 10.1 Å². The molecule has 31 heavy (non-hydrogen) atoms. The van der Waals surface area contributed by atoms with Gasteiger partial charge in [0.25, 0.3) is 5.91 Å². The molecule has 0 saturated carbocycles. The Kier molecular flexibility index (Phi) is 7.59. The Hall–Kier alpha value is -2.13. The van der Waals surface area contributed by atoms with Crippen LogP contribution in [0.2, 0.25) is 5.02 Å². The van der Waals surface area contributed by atoms with Crippen molar-refractivity contribution in [2.75, 3.05) is 39.1 Å². The first kappa shape index (κ1) is 23.5. The van der Waals surface area contributed by atoms with E-state index in [0.717, 1.165) is 31.5 Å². The van der Waals surface area contributed by atoms with Gasteiger partial charge in [-0.2, -0.15) is 4.31 Å². The summed E-state index contributed by atoms with van der Waals surface area (Å²) >= 11 is 5.92. The van der Waals surface area contributed by atoms with Gasteiger partial charge in [-0.3, -0.25) is 4.79 Å². The van der Waals surface area contributed by atoms with Crippen LogP contribution >= 0.6 is 11.6 Å². The van der Waals surface area contributed by atoms with Gasteiger partial charge in [-0.1, -0.05) is 11.6 Å². The second kappa shape index (κ2) is 9.99. The fraction of sp³-hybridized carbons (Fsp3) is 0.409. The van der Waals surface area contributed by atoms with E-state index in [1.54, 1.807) is 37.4 Å². The molecule has 1 aliphatic heterocycles. The normalized spacial score (nSPS) is 15.8. The van der Waals surface area contributed by atoms with Crippen molar-refractivity contribution in [3.63, 3.8) is 0 Å². The van der Waals surface area contributed by atoms with Crippen molar-refractivity contribution < 1.29 is 17.9 Å². The van der Waals surface area contributed by atoms with Crippen molar-refractivity contribution in [2.45, 2.75) is 30.7 Å². The van der Waals surface area contributed by atoms with Gasteiger partial charge < -0.3 is 15.0 Å². The van der Waals surface area contributed by atoms with Gasteiger partial charge in [0.2, 0.25) is 10.0 Å². The maximum Gasteiger partial charge on any atom is 0.262 e. The summed E-state index contributed by atoms with van der Waals surface area (Å²) in [6.07, 6.45) is 1.63. The minimum absolute atomic E-state index is 0.00551. The van der Waals surface area contributed by atoms with Crippen molar-refractivity contribution in [3.05, 3.63) is 53.1 Å². The number of amides is 1. The number of carbonyl (C=O) groups excluding carboxylic acids is 1. The number of benzene rings is 2. The first-order valence-electron chi connectivity index (χ1n) is 10.1. The Balaban J connectivity index is 1.58. The Labute approximate surface area is 189 Å². The monoisotopic (exact) mass is 465 g/mol. The molecule has 168 valence electrons. The molecule has 0 bridgehead atoms. The third-order valence-electron chi connectivity index (χ3n) is 5.51. The largest absolute Gasteiger partial charge is 0.483 e. The second-order valence-corrected chi connectivity index (χ2v) is 10.3. The van der Waals surface area contributed by atoms with Gasteiger partial charge >= 0.3 is 0 Å². The van der Waals surface area contributed by atoms with E-state index in [1.165, 1.54) is 16.4 Å². The lowest BCUT2D eigenvalue weighted by Crippen LogP contribution is -2.44. The number of nitrogens with zero attached hydrogens (tertiary/aromatic N) is 2. The molecule has 0 radical (unpaired) electrons. The number of hydrogen-bond acceptors (Lipinski definition) is 5. The third kappa shape index (κ3) is 5.98. The molecule has 1 N–H and O–H groups in total. The molecule has 0 spiro atoms. The zero-order valence-electron chi connectivity index (χ0n) is 18.0. The Morgan fingerprint density at radius 1 is 1.19 bits per heavy atom. The summed E-state index contributed by atoms with van der Waals surface area (Å²) in [6, 6.07) is 11.4. The summed E-state index contributed by atoms with van der Waals surface area (Å²) in [5.74, 6) is 0.242. The van der Waals surface area contributed by atoms with Crippen LogP contribution in [0.4, 0.5) is 5.69 Å². The molecule has 0 atom stereocenters. The van der Waals surface area contributed by atoms with Crippen LogP contribution in [-0.2, 0) is 14.8 Å². The molecular weight excluding hydrogens is 438 g/mol. The predicted molar refractivity (Wildman–Crippen MR) is 122 cm³/mol. The number of sulfonamides is 1. The van der Waals surface area contributed by atoms with Gasteiger partial charge in [0.15, 0.2) is 6.61 Å². The van der Waals surface area contributed by atoms with E-state index in [9.17, 15) is 13.2 Å². The summed E-state index contributed by atoms with van der Waals surface area (Å²) in [7, 11) is 0.0878. The Bertz CT molecular complexity index is 1020. The second-order valence-electron chi connectivity index (χ2n) is 7.83. The van der Waals surface area contributed by atoms with Gasteiger partial charge in [0, 0.05) is 23.8 Å². The van der Waals surface area contributed by atoms with E-state index in [4.69, 9.17) is 16.3 Å². The number of piperidine rings is 1. The van der Waals surface area contributed by atoms with Gasteiger partial charge in [0.05, 0.1) is 4.90 Å². The maximum absolute atomic E-state index is 13.0. The van der Waals surface area contributed by atoms with Crippen LogP contribution in [0.15, 0.2) is 47.4 Å². The minimum atomic E-state index is -3.59. The van der Waals surface area contributed by atoms with Crippen LogP contribution in [0.1, 0.15) is 18.4 Å².